The molecule has 1 amide bonds. The Bertz CT molecular complexity index is 969. The van der Waals surface area contributed by atoms with Crippen LogP contribution in [0, 0.1) is 5.82 Å². The van der Waals surface area contributed by atoms with Gasteiger partial charge in [0.05, 0.1) is 24.6 Å². The van der Waals surface area contributed by atoms with E-state index in [0.29, 0.717) is 0 Å². The molecule has 0 bridgehead atoms. The summed E-state index contributed by atoms with van der Waals surface area (Å²) in [5, 5.41) is 5.87. The van der Waals surface area contributed by atoms with Crippen molar-refractivity contribution >= 4 is 35.0 Å². The summed E-state index contributed by atoms with van der Waals surface area (Å²) in [6, 6.07) is 2.11. The van der Waals surface area contributed by atoms with E-state index in [1.807, 2.05) is 0 Å². The molecule has 8 N–H and O–H groups in total. The Balaban J connectivity index is 1.95. The molecule has 30 heavy (non-hydrogen) atoms. The van der Waals surface area contributed by atoms with Crippen LogP contribution >= 0.6 is 0 Å². The topological polar surface area (TPSA) is 171 Å². The van der Waals surface area contributed by atoms with Gasteiger partial charge >= 0.3 is 5.97 Å². The predicted molar refractivity (Wildman–Crippen MR) is 110 cm³/mol. The zero-order valence-corrected chi connectivity index (χ0v) is 16.4. The fourth-order valence-electron chi connectivity index (χ4n) is 3.34. The quantitative estimate of drug-likeness (QED) is 0.437. The standard InChI is InChI=1S/C19H24FN7O3/c1-30-19(29)10-6-9(8-24-15(10)22)25-17-11(16(23)28)7-12(20)18(27-17)26-14-5-3-2-4-13(14)21/h6-8,13-14H,2-5,21H2,1H3,(H2,22,24)(H2,23,28)(H2,25,26,27)/t13-,14+/m0/s1. The summed E-state index contributed by atoms with van der Waals surface area (Å²) in [5.41, 5.74) is 17.3. The lowest BCUT2D eigenvalue weighted by atomic mass is 9.91. The Morgan fingerprint density at radius 1 is 1.20 bits per heavy atom. The molecule has 10 nitrogen and oxygen atoms in total. The number of pyridine rings is 2. The first-order valence-corrected chi connectivity index (χ1v) is 9.43. The summed E-state index contributed by atoms with van der Waals surface area (Å²) in [5.74, 6) is -2.36. The van der Waals surface area contributed by atoms with Crippen molar-refractivity contribution in [2.24, 2.45) is 11.5 Å². The Hall–Kier alpha value is -3.47. The molecule has 2 aromatic heterocycles. The van der Waals surface area contributed by atoms with Crippen molar-refractivity contribution < 1.29 is 18.7 Å². The fourth-order valence-corrected chi connectivity index (χ4v) is 3.34. The predicted octanol–water partition coefficient (Wildman–Crippen LogP) is 1.51. The molecular weight excluding hydrogens is 393 g/mol. The van der Waals surface area contributed by atoms with Gasteiger partial charge < -0.3 is 32.6 Å². The van der Waals surface area contributed by atoms with Crippen molar-refractivity contribution in [2.75, 3.05) is 23.5 Å². The molecule has 0 aliphatic heterocycles. The fraction of sp³-hybridized carbons (Fsp3) is 0.368. The number of ether oxygens (including phenoxy) is 1. The van der Waals surface area contributed by atoms with E-state index in [1.165, 1.54) is 19.4 Å². The highest BCUT2D eigenvalue weighted by Crippen LogP contribution is 2.27. The molecule has 0 radical (unpaired) electrons. The van der Waals surface area contributed by atoms with Crippen molar-refractivity contribution in [3.63, 3.8) is 0 Å². The third kappa shape index (κ3) is 4.57. The molecule has 1 fully saturated rings. The van der Waals surface area contributed by atoms with Crippen molar-refractivity contribution in [1.29, 1.82) is 0 Å². The number of rotatable bonds is 6. The largest absolute Gasteiger partial charge is 0.465 e. The Morgan fingerprint density at radius 3 is 2.60 bits per heavy atom. The number of aromatic nitrogens is 2. The Labute approximate surface area is 172 Å². The van der Waals surface area contributed by atoms with Crippen molar-refractivity contribution in [1.82, 2.24) is 9.97 Å². The number of nitrogens with zero attached hydrogens (tertiary/aromatic N) is 2. The molecule has 0 aromatic carbocycles. The zero-order chi connectivity index (χ0) is 21.8. The molecule has 2 heterocycles. The van der Waals surface area contributed by atoms with Gasteiger partial charge in [0.15, 0.2) is 11.6 Å². The molecule has 2 aromatic rings. The molecule has 2 atom stereocenters. The number of nitrogens with two attached hydrogens (primary N) is 3. The van der Waals surface area contributed by atoms with Crippen LogP contribution in [0.4, 0.5) is 27.5 Å². The molecule has 3 rings (SSSR count). The number of methoxy groups -OCH3 is 1. The lowest BCUT2D eigenvalue weighted by Crippen LogP contribution is -2.43. The highest BCUT2D eigenvalue weighted by Gasteiger charge is 2.24. The van der Waals surface area contributed by atoms with Crippen LogP contribution in [0.5, 0.6) is 0 Å². The van der Waals surface area contributed by atoms with Crippen LogP contribution in [0.25, 0.3) is 0 Å². The smallest absolute Gasteiger partial charge is 0.341 e. The second-order valence-corrected chi connectivity index (χ2v) is 7.05. The number of amides is 1. The van der Waals surface area contributed by atoms with Crippen LogP contribution < -0.4 is 27.8 Å². The number of nitrogen functional groups attached to an aromatic ring is 1. The van der Waals surface area contributed by atoms with Gasteiger partial charge in [0.1, 0.15) is 17.2 Å². The maximum absolute atomic E-state index is 14.6. The van der Waals surface area contributed by atoms with E-state index in [-0.39, 0.29) is 46.4 Å². The van der Waals surface area contributed by atoms with Crippen LogP contribution in [0.2, 0.25) is 0 Å². The third-order valence-electron chi connectivity index (χ3n) is 4.97. The molecular formula is C19H24FN7O3. The van der Waals surface area contributed by atoms with Gasteiger partial charge in [-0.1, -0.05) is 12.8 Å². The van der Waals surface area contributed by atoms with E-state index in [2.05, 4.69) is 25.3 Å². The summed E-state index contributed by atoms with van der Waals surface area (Å²) in [7, 11) is 1.21. The molecule has 11 heteroatoms. The number of nitrogens with one attached hydrogen (secondary N) is 2. The van der Waals surface area contributed by atoms with Crippen LogP contribution in [0.15, 0.2) is 18.3 Å². The van der Waals surface area contributed by atoms with Gasteiger partial charge in [0, 0.05) is 12.1 Å². The number of anilines is 4. The third-order valence-corrected chi connectivity index (χ3v) is 4.97. The van der Waals surface area contributed by atoms with Crippen molar-refractivity contribution in [3.05, 3.63) is 35.3 Å². The van der Waals surface area contributed by atoms with Gasteiger partial charge in [-0.3, -0.25) is 4.79 Å². The van der Waals surface area contributed by atoms with E-state index in [1.54, 1.807) is 0 Å². The molecule has 1 saturated carbocycles. The molecule has 0 saturated heterocycles. The molecule has 0 unspecified atom stereocenters. The Kier molecular flexibility index (Phi) is 6.31. The normalized spacial score (nSPS) is 18.5. The van der Waals surface area contributed by atoms with Crippen LogP contribution in [0.3, 0.4) is 0 Å². The average Bonchev–Trinajstić information content (AvgIpc) is 2.72. The minimum atomic E-state index is -0.874. The zero-order valence-electron chi connectivity index (χ0n) is 16.4. The first-order chi connectivity index (χ1) is 14.3. The molecule has 1 aliphatic carbocycles. The highest BCUT2D eigenvalue weighted by molar-refractivity contribution is 5.99. The lowest BCUT2D eigenvalue weighted by Gasteiger charge is -2.30. The van der Waals surface area contributed by atoms with Gasteiger partial charge in [-0.25, -0.2) is 19.2 Å². The molecule has 1 aliphatic rings. The average molecular weight is 417 g/mol. The highest BCUT2D eigenvalue weighted by atomic mass is 19.1. The van der Waals surface area contributed by atoms with Crippen LogP contribution in [-0.4, -0.2) is 41.0 Å². The maximum Gasteiger partial charge on any atom is 0.341 e. The lowest BCUT2D eigenvalue weighted by molar-refractivity contribution is 0.0601. The number of carbonyl (C=O) groups excluding carboxylic acids is 2. The van der Waals surface area contributed by atoms with E-state index in [9.17, 15) is 14.0 Å². The van der Waals surface area contributed by atoms with E-state index in [4.69, 9.17) is 17.2 Å². The second kappa shape index (κ2) is 8.91. The summed E-state index contributed by atoms with van der Waals surface area (Å²) >= 11 is 0. The van der Waals surface area contributed by atoms with Crippen molar-refractivity contribution in [3.8, 4) is 0 Å². The van der Waals surface area contributed by atoms with Crippen molar-refractivity contribution in [2.45, 2.75) is 37.8 Å². The molecule has 0 spiro atoms. The van der Waals surface area contributed by atoms with Gasteiger partial charge in [-0.2, -0.15) is 0 Å². The first-order valence-electron chi connectivity index (χ1n) is 9.43. The second-order valence-electron chi connectivity index (χ2n) is 7.05. The minimum absolute atomic E-state index is 0.00170. The number of halogens is 1. The van der Waals surface area contributed by atoms with E-state index >= 15 is 0 Å². The van der Waals surface area contributed by atoms with Gasteiger partial charge in [0.2, 0.25) is 0 Å². The number of primary amides is 1. The molecule has 160 valence electrons. The Morgan fingerprint density at radius 2 is 1.93 bits per heavy atom. The summed E-state index contributed by atoms with van der Waals surface area (Å²) in [4.78, 5) is 31.8. The van der Waals surface area contributed by atoms with Gasteiger partial charge in [0.25, 0.3) is 5.91 Å². The van der Waals surface area contributed by atoms with Crippen LogP contribution in [0.1, 0.15) is 46.4 Å². The number of hydrogen-bond donors (Lipinski definition) is 5. The minimum Gasteiger partial charge on any atom is -0.465 e. The van der Waals surface area contributed by atoms with E-state index < -0.39 is 17.7 Å². The number of esters is 1. The first kappa shape index (κ1) is 21.2. The maximum atomic E-state index is 14.6. The summed E-state index contributed by atoms with van der Waals surface area (Å²) in [6.45, 7) is 0. The monoisotopic (exact) mass is 417 g/mol. The SMILES string of the molecule is COC(=O)c1cc(Nc2nc(N[C@@H]3CCCC[C@@H]3N)c(F)cc2C(N)=O)cnc1N. The summed E-state index contributed by atoms with van der Waals surface area (Å²) < 4.78 is 19.3. The summed E-state index contributed by atoms with van der Waals surface area (Å²) in [6.07, 6.45) is 4.95. The number of hydrogen-bond acceptors (Lipinski definition) is 9. The van der Waals surface area contributed by atoms with E-state index in [0.717, 1.165) is 31.7 Å². The van der Waals surface area contributed by atoms with Crippen LogP contribution in [-0.2, 0) is 4.74 Å². The number of carbonyl (C=O) groups is 2. The van der Waals surface area contributed by atoms with Gasteiger partial charge in [-0.05, 0) is 25.0 Å². The van der Waals surface area contributed by atoms with Gasteiger partial charge in [-0.15, -0.1) is 0 Å².